The van der Waals surface area contributed by atoms with E-state index in [2.05, 4.69) is 10.4 Å². The Morgan fingerprint density at radius 3 is 2.59 bits per heavy atom. The highest BCUT2D eigenvalue weighted by molar-refractivity contribution is 7.99. The molecule has 7 nitrogen and oxygen atoms in total. The van der Waals surface area contributed by atoms with Gasteiger partial charge in [0.1, 0.15) is 0 Å². The average Bonchev–Trinajstić information content (AvgIpc) is 3.08. The van der Waals surface area contributed by atoms with Crippen LogP contribution in [0.3, 0.4) is 0 Å². The number of hydrogen-bond acceptors (Lipinski definition) is 5. The first kappa shape index (κ1) is 20.9. The van der Waals surface area contributed by atoms with Crippen LogP contribution >= 0.6 is 23.4 Å². The molecule has 3 aromatic rings. The molecule has 0 spiro atoms. The third-order valence-electron chi connectivity index (χ3n) is 4.27. The maximum atomic E-state index is 13.0. The van der Waals surface area contributed by atoms with Crippen molar-refractivity contribution in [2.24, 2.45) is 0 Å². The second-order valence-corrected chi connectivity index (χ2v) is 7.86. The lowest BCUT2D eigenvalue weighted by atomic mass is 10.2. The van der Waals surface area contributed by atoms with Gasteiger partial charge in [-0.2, -0.15) is 4.68 Å². The van der Waals surface area contributed by atoms with E-state index < -0.39 is 11.0 Å². The predicted octanol–water partition coefficient (Wildman–Crippen LogP) is 5.49. The number of aryl methyl sites for hydroxylation is 1. The first-order chi connectivity index (χ1) is 13.9. The third-order valence-corrected chi connectivity index (χ3v) is 5.60. The van der Waals surface area contributed by atoms with Crippen molar-refractivity contribution in [3.8, 4) is 0 Å². The highest BCUT2D eigenvalue weighted by Gasteiger charge is 2.27. The number of rotatable bonds is 7. The second kappa shape index (κ2) is 9.11. The van der Waals surface area contributed by atoms with Crippen molar-refractivity contribution in [2.75, 3.05) is 5.32 Å². The normalized spacial score (nSPS) is 11.8. The van der Waals surface area contributed by atoms with E-state index in [0.29, 0.717) is 22.8 Å². The van der Waals surface area contributed by atoms with E-state index in [1.807, 2.05) is 55.5 Å². The highest BCUT2D eigenvalue weighted by atomic mass is 35.5. The average molecular weight is 431 g/mol. The van der Waals surface area contributed by atoms with Crippen molar-refractivity contribution in [1.29, 1.82) is 0 Å². The molecule has 0 saturated carbocycles. The number of aromatic nitrogens is 2. The van der Waals surface area contributed by atoms with E-state index in [-0.39, 0.29) is 11.7 Å². The summed E-state index contributed by atoms with van der Waals surface area (Å²) in [5.74, 6) is -0.551. The first-order valence-electron chi connectivity index (χ1n) is 8.93. The lowest BCUT2D eigenvalue weighted by Crippen LogP contribution is -2.27. The molecule has 0 radical (unpaired) electrons. The second-order valence-electron chi connectivity index (χ2n) is 6.31. The molecule has 1 N–H and O–H groups in total. The van der Waals surface area contributed by atoms with Crippen LogP contribution in [0.2, 0.25) is 5.02 Å². The predicted molar refractivity (Wildman–Crippen MR) is 114 cm³/mol. The van der Waals surface area contributed by atoms with Crippen LogP contribution in [0.5, 0.6) is 0 Å². The Hall–Kier alpha value is -2.84. The molecule has 9 heteroatoms. The largest absolute Gasteiger partial charge is 0.390 e. The number of halogens is 1. The Kier molecular flexibility index (Phi) is 6.56. The van der Waals surface area contributed by atoms with Gasteiger partial charge in [0.2, 0.25) is 0 Å². The molecule has 29 heavy (non-hydrogen) atoms. The van der Waals surface area contributed by atoms with Gasteiger partial charge in [0.15, 0.2) is 6.04 Å². The van der Waals surface area contributed by atoms with Crippen molar-refractivity contribution < 1.29 is 9.72 Å². The molecule has 1 atom stereocenters. The molecule has 0 aliphatic heterocycles. The summed E-state index contributed by atoms with van der Waals surface area (Å²) in [6, 6.07) is 15.6. The Labute approximate surface area is 177 Å². The van der Waals surface area contributed by atoms with Gasteiger partial charge in [-0.25, -0.2) is 0 Å². The van der Waals surface area contributed by atoms with Crippen LogP contribution in [0, 0.1) is 17.0 Å². The Morgan fingerprint density at radius 2 is 1.97 bits per heavy atom. The van der Waals surface area contributed by atoms with E-state index in [0.717, 1.165) is 9.79 Å². The molecule has 0 fully saturated rings. The maximum absolute atomic E-state index is 13.0. The molecule has 0 aliphatic carbocycles. The summed E-state index contributed by atoms with van der Waals surface area (Å²) in [5, 5.41) is 18.6. The zero-order chi connectivity index (χ0) is 21.0. The van der Waals surface area contributed by atoms with E-state index in [9.17, 15) is 14.9 Å². The number of nitrogens with zero attached hydrogens (tertiary/aromatic N) is 3. The van der Waals surface area contributed by atoms with Crippen molar-refractivity contribution in [3.05, 3.63) is 75.4 Å². The molecule has 1 aromatic heterocycles. The summed E-state index contributed by atoms with van der Waals surface area (Å²) in [4.78, 5) is 25.3. The molecule has 1 unspecified atom stereocenters. The molecule has 2 aromatic carbocycles. The lowest BCUT2D eigenvalue weighted by molar-refractivity contribution is -0.389. The van der Waals surface area contributed by atoms with Crippen molar-refractivity contribution in [1.82, 2.24) is 9.78 Å². The van der Waals surface area contributed by atoms with Gasteiger partial charge < -0.3 is 15.4 Å². The fourth-order valence-corrected chi connectivity index (χ4v) is 3.88. The van der Waals surface area contributed by atoms with Gasteiger partial charge in [0, 0.05) is 14.8 Å². The molecule has 3 rings (SSSR count). The fourth-order valence-electron chi connectivity index (χ4n) is 2.85. The number of nitrogens with one attached hydrogen (secondary N) is 1. The van der Waals surface area contributed by atoms with E-state index in [4.69, 9.17) is 11.6 Å². The molecule has 0 saturated heterocycles. The third kappa shape index (κ3) is 4.96. The summed E-state index contributed by atoms with van der Waals surface area (Å²) < 4.78 is 1.41. The smallest absolute Gasteiger partial charge is 0.358 e. The number of para-hydroxylation sites is 1. The number of carbonyl (C=O) groups excluding carboxylic acids is 1. The molecular weight excluding hydrogens is 412 g/mol. The van der Waals surface area contributed by atoms with Crippen LogP contribution in [0.4, 0.5) is 11.5 Å². The standard InChI is InChI=1S/C20H19ClN4O3S/c1-3-17(24-13(2)12-19(23-24)25(27)28)20(26)22-16-6-4-5-7-18(16)29-15-10-8-14(21)9-11-15/h4-12,17H,3H2,1-2H3,(H,22,26). The van der Waals surface area contributed by atoms with Crippen molar-refractivity contribution >= 4 is 40.8 Å². The summed E-state index contributed by atoms with van der Waals surface area (Å²) in [7, 11) is 0. The van der Waals surface area contributed by atoms with Crippen LogP contribution < -0.4 is 5.32 Å². The van der Waals surface area contributed by atoms with Crippen LogP contribution in [0.25, 0.3) is 0 Å². The van der Waals surface area contributed by atoms with Gasteiger partial charge in [0.25, 0.3) is 5.91 Å². The lowest BCUT2D eigenvalue weighted by Gasteiger charge is -2.16. The van der Waals surface area contributed by atoms with Gasteiger partial charge in [-0.05, 0) is 54.7 Å². The zero-order valence-corrected chi connectivity index (χ0v) is 17.4. The Balaban J connectivity index is 1.82. The molecule has 0 bridgehead atoms. The van der Waals surface area contributed by atoms with Gasteiger partial charge in [-0.1, -0.05) is 42.4 Å². The van der Waals surface area contributed by atoms with E-state index >= 15 is 0 Å². The number of anilines is 1. The molecular formula is C20H19ClN4O3S. The van der Waals surface area contributed by atoms with Crippen molar-refractivity contribution in [3.63, 3.8) is 0 Å². The van der Waals surface area contributed by atoms with Crippen LogP contribution in [-0.4, -0.2) is 20.6 Å². The molecule has 0 aliphatic rings. The number of hydrogen-bond donors (Lipinski definition) is 1. The summed E-state index contributed by atoms with van der Waals surface area (Å²) in [6.45, 7) is 3.53. The van der Waals surface area contributed by atoms with Crippen molar-refractivity contribution in [2.45, 2.75) is 36.1 Å². The summed E-state index contributed by atoms with van der Waals surface area (Å²) in [5.41, 5.74) is 1.22. The molecule has 1 heterocycles. The molecule has 1 amide bonds. The summed E-state index contributed by atoms with van der Waals surface area (Å²) >= 11 is 7.45. The van der Waals surface area contributed by atoms with Gasteiger partial charge in [-0.3, -0.25) is 4.79 Å². The quantitative estimate of drug-likeness (QED) is 0.395. The summed E-state index contributed by atoms with van der Waals surface area (Å²) in [6.07, 6.45) is 0.442. The minimum absolute atomic E-state index is 0.271. The Morgan fingerprint density at radius 1 is 1.28 bits per heavy atom. The zero-order valence-electron chi connectivity index (χ0n) is 15.8. The number of carbonyl (C=O) groups is 1. The fraction of sp³-hybridized carbons (Fsp3) is 0.200. The van der Waals surface area contributed by atoms with Crippen LogP contribution in [-0.2, 0) is 4.79 Å². The Bertz CT molecular complexity index is 1040. The van der Waals surface area contributed by atoms with E-state index in [1.165, 1.54) is 22.5 Å². The maximum Gasteiger partial charge on any atom is 0.390 e. The minimum atomic E-state index is -0.655. The molecule has 150 valence electrons. The monoisotopic (exact) mass is 430 g/mol. The van der Waals surface area contributed by atoms with Crippen LogP contribution in [0.15, 0.2) is 64.4 Å². The number of nitro groups is 1. The van der Waals surface area contributed by atoms with Gasteiger partial charge in [0.05, 0.1) is 22.5 Å². The minimum Gasteiger partial charge on any atom is -0.358 e. The number of amides is 1. The first-order valence-corrected chi connectivity index (χ1v) is 10.1. The van der Waals surface area contributed by atoms with Gasteiger partial charge in [-0.15, -0.1) is 0 Å². The van der Waals surface area contributed by atoms with Gasteiger partial charge >= 0.3 is 5.82 Å². The number of benzene rings is 2. The highest BCUT2D eigenvalue weighted by Crippen LogP contribution is 2.34. The SMILES string of the molecule is CCC(C(=O)Nc1ccccc1Sc1ccc(Cl)cc1)n1nc([N+](=O)[O-])cc1C. The van der Waals surface area contributed by atoms with Crippen LogP contribution in [0.1, 0.15) is 25.1 Å². The topological polar surface area (TPSA) is 90.1 Å². The van der Waals surface area contributed by atoms with E-state index in [1.54, 1.807) is 6.92 Å².